The van der Waals surface area contributed by atoms with Crippen molar-refractivity contribution in [2.24, 2.45) is 11.8 Å². The molecule has 0 N–H and O–H groups in total. The highest BCUT2D eigenvalue weighted by Crippen LogP contribution is 2.10. The highest BCUT2D eigenvalue weighted by Gasteiger charge is 2.07. The van der Waals surface area contributed by atoms with E-state index in [1.165, 1.54) is 0 Å². The minimum atomic E-state index is -0.260. The van der Waals surface area contributed by atoms with Gasteiger partial charge in [-0.05, 0) is 11.8 Å². The summed E-state index contributed by atoms with van der Waals surface area (Å²) < 4.78 is 10.5. The summed E-state index contributed by atoms with van der Waals surface area (Å²) in [5.74, 6) is 0.791. The van der Waals surface area contributed by atoms with E-state index in [1.54, 1.807) is 0 Å². The Hall–Kier alpha value is -0.0200. The second-order valence-electron chi connectivity index (χ2n) is 3.70. The van der Waals surface area contributed by atoms with Gasteiger partial charge >= 0.3 is 8.61 Å². The van der Waals surface area contributed by atoms with Gasteiger partial charge in [0.05, 0.1) is 13.2 Å². The minimum absolute atomic E-state index is 0.260. The molecule has 0 saturated heterocycles. The van der Waals surface area contributed by atoms with Crippen LogP contribution in [0.4, 0.5) is 0 Å². The molecule has 4 nitrogen and oxygen atoms in total. The standard InChI is InChI=1S/C8H18NO3P/c1-7(2)5-11-9(13-10)12-6-8(3)4/h7-8H,5-6H2,1-4H3. The first-order valence-corrected chi connectivity index (χ1v) is 5.22. The van der Waals surface area contributed by atoms with Gasteiger partial charge < -0.3 is 0 Å². The molecule has 0 rings (SSSR count). The van der Waals surface area contributed by atoms with Crippen LogP contribution < -0.4 is 0 Å². The Morgan fingerprint density at radius 1 is 1.08 bits per heavy atom. The summed E-state index contributed by atoms with van der Waals surface area (Å²) in [6.07, 6.45) is 0. The van der Waals surface area contributed by atoms with Crippen LogP contribution in [0.3, 0.4) is 0 Å². The zero-order valence-electron chi connectivity index (χ0n) is 8.69. The Morgan fingerprint density at radius 3 is 1.69 bits per heavy atom. The lowest BCUT2D eigenvalue weighted by molar-refractivity contribution is -0.306. The maximum Gasteiger partial charge on any atom is 0.303 e. The van der Waals surface area contributed by atoms with Crippen LogP contribution in [0.5, 0.6) is 0 Å². The third-order valence-electron chi connectivity index (χ3n) is 1.10. The first-order chi connectivity index (χ1) is 6.06. The maximum atomic E-state index is 10.5. The van der Waals surface area contributed by atoms with Crippen molar-refractivity contribution in [1.29, 1.82) is 0 Å². The summed E-state index contributed by atoms with van der Waals surface area (Å²) in [4.78, 5) is 11.2. The molecule has 0 aliphatic rings. The summed E-state index contributed by atoms with van der Waals surface area (Å²) in [6.45, 7) is 9.08. The van der Waals surface area contributed by atoms with Gasteiger partial charge in [0.15, 0.2) is 0 Å². The van der Waals surface area contributed by atoms with Crippen molar-refractivity contribution < 1.29 is 14.2 Å². The van der Waals surface area contributed by atoms with Gasteiger partial charge in [-0.15, -0.1) is 0 Å². The molecule has 0 heterocycles. The largest absolute Gasteiger partial charge is 0.303 e. The number of nitrogens with zero attached hydrogens (tertiary/aromatic N) is 1. The zero-order valence-corrected chi connectivity index (χ0v) is 9.58. The molecule has 13 heavy (non-hydrogen) atoms. The molecule has 5 heteroatoms. The fraction of sp³-hybridized carbons (Fsp3) is 1.00. The lowest BCUT2D eigenvalue weighted by Crippen LogP contribution is -2.19. The van der Waals surface area contributed by atoms with E-state index in [0.29, 0.717) is 25.0 Å². The van der Waals surface area contributed by atoms with Gasteiger partial charge in [0, 0.05) is 5.00 Å². The van der Waals surface area contributed by atoms with Crippen molar-refractivity contribution in [3.05, 3.63) is 0 Å². The van der Waals surface area contributed by atoms with E-state index < -0.39 is 0 Å². The molecule has 0 aliphatic heterocycles. The first kappa shape index (κ1) is 13.0. The molecule has 0 aromatic heterocycles. The Kier molecular flexibility index (Phi) is 7.38. The second kappa shape index (κ2) is 7.39. The molecular weight excluding hydrogens is 189 g/mol. The maximum absolute atomic E-state index is 10.5. The molecule has 0 aromatic rings. The Bertz CT molecular complexity index is 129. The quantitative estimate of drug-likeness (QED) is 0.475. The molecule has 78 valence electrons. The van der Waals surface area contributed by atoms with Gasteiger partial charge in [-0.2, -0.15) is 0 Å². The van der Waals surface area contributed by atoms with Crippen LogP contribution in [0.25, 0.3) is 0 Å². The Morgan fingerprint density at radius 2 is 1.46 bits per heavy atom. The van der Waals surface area contributed by atoms with Crippen molar-refractivity contribution in [1.82, 2.24) is 5.00 Å². The molecule has 0 saturated carbocycles. The van der Waals surface area contributed by atoms with Gasteiger partial charge in [-0.1, -0.05) is 27.7 Å². The predicted octanol–water partition coefficient (Wildman–Crippen LogP) is 2.67. The smallest absolute Gasteiger partial charge is 0.264 e. The van der Waals surface area contributed by atoms with Crippen LogP contribution in [-0.2, 0) is 14.2 Å². The molecule has 0 aromatic carbocycles. The van der Waals surface area contributed by atoms with Gasteiger partial charge in [-0.25, -0.2) is 0 Å². The third-order valence-corrected chi connectivity index (χ3v) is 1.47. The molecule has 0 aliphatic carbocycles. The molecular formula is C8H18NO3P. The molecule has 0 amide bonds. The molecule has 0 fully saturated rings. The van der Waals surface area contributed by atoms with E-state index in [9.17, 15) is 4.57 Å². The Labute approximate surface area is 81.4 Å². The fourth-order valence-corrected chi connectivity index (χ4v) is 0.738. The van der Waals surface area contributed by atoms with Gasteiger partial charge in [0.1, 0.15) is 0 Å². The van der Waals surface area contributed by atoms with Gasteiger partial charge in [0.2, 0.25) is 0 Å². The molecule has 0 bridgehead atoms. The molecule has 0 atom stereocenters. The number of hydrogen-bond acceptors (Lipinski definition) is 3. The minimum Gasteiger partial charge on any atom is -0.264 e. The summed E-state index contributed by atoms with van der Waals surface area (Å²) in [7, 11) is -0.260. The average Bonchev–Trinajstić information content (AvgIpc) is 2.04. The van der Waals surface area contributed by atoms with Crippen LogP contribution in [-0.4, -0.2) is 18.2 Å². The van der Waals surface area contributed by atoms with Gasteiger partial charge in [0.25, 0.3) is 0 Å². The first-order valence-electron chi connectivity index (χ1n) is 4.45. The summed E-state index contributed by atoms with van der Waals surface area (Å²) >= 11 is 0. The number of rotatable bonds is 7. The molecule has 0 radical (unpaired) electrons. The summed E-state index contributed by atoms with van der Waals surface area (Å²) in [6, 6.07) is 0. The van der Waals surface area contributed by atoms with E-state index in [2.05, 4.69) is 0 Å². The SMILES string of the molecule is CC(C)CON(OCC(C)C)P=O. The normalized spacial score (nSPS) is 12.2. The zero-order chi connectivity index (χ0) is 10.3. The van der Waals surface area contributed by atoms with Crippen LogP contribution in [0, 0.1) is 11.8 Å². The van der Waals surface area contributed by atoms with Crippen molar-refractivity contribution in [2.45, 2.75) is 27.7 Å². The summed E-state index contributed by atoms with van der Waals surface area (Å²) in [5, 5.41) is 0. The second-order valence-corrected chi connectivity index (χ2v) is 4.19. The Balaban J connectivity index is 3.57. The molecule has 0 spiro atoms. The lowest BCUT2D eigenvalue weighted by Gasteiger charge is -2.15. The van der Waals surface area contributed by atoms with Crippen molar-refractivity contribution in [3.8, 4) is 0 Å². The van der Waals surface area contributed by atoms with Crippen molar-refractivity contribution >= 4 is 8.61 Å². The number of hydrogen-bond donors (Lipinski definition) is 0. The van der Waals surface area contributed by atoms with E-state index in [1.807, 2.05) is 27.7 Å². The predicted molar refractivity (Wildman–Crippen MR) is 51.0 cm³/mol. The van der Waals surface area contributed by atoms with E-state index in [4.69, 9.17) is 9.68 Å². The van der Waals surface area contributed by atoms with Crippen LogP contribution >= 0.6 is 8.61 Å². The van der Waals surface area contributed by atoms with E-state index in [-0.39, 0.29) is 8.61 Å². The van der Waals surface area contributed by atoms with Crippen LogP contribution in [0.2, 0.25) is 0 Å². The topological polar surface area (TPSA) is 38.8 Å². The van der Waals surface area contributed by atoms with Crippen LogP contribution in [0.1, 0.15) is 27.7 Å². The monoisotopic (exact) mass is 207 g/mol. The van der Waals surface area contributed by atoms with Gasteiger partial charge in [-0.3, -0.25) is 14.2 Å². The molecule has 0 unspecified atom stereocenters. The van der Waals surface area contributed by atoms with E-state index in [0.717, 1.165) is 5.00 Å². The highest BCUT2D eigenvalue weighted by atomic mass is 31.1. The van der Waals surface area contributed by atoms with E-state index >= 15 is 0 Å². The van der Waals surface area contributed by atoms with Crippen LogP contribution in [0.15, 0.2) is 0 Å². The van der Waals surface area contributed by atoms with Crippen molar-refractivity contribution in [2.75, 3.05) is 13.2 Å². The summed E-state index contributed by atoms with van der Waals surface area (Å²) in [5.41, 5.74) is 0. The lowest BCUT2D eigenvalue weighted by atomic mass is 10.2. The average molecular weight is 207 g/mol. The third kappa shape index (κ3) is 8.31. The highest BCUT2D eigenvalue weighted by molar-refractivity contribution is 7.20. The van der Waals surface area contributed by atoms with Crippen molar-refractivity contribution in [3.63, 3.8) is 0 Å². The fourth-order valence-electron chi connectivity index (χ4n) is 0.510.